The summed E-state index contributed by atoms with van der Waals surface area (Å²) in [6.07, 6.45) is 3.77. The number of benzene rings is 1. The Balaban J connectivity index is 2.86. The molecule has 0 heterocycles. The lowest BCUT2D eigenvalue weighted by Crippen LogP contribution is -2.22. The normalized spacial score (nSPS) is 10.2. The molecule has 1 amide bonds. The van der Waals surface area contributed by atoms with Crippen LogP contribution in [0.2, 0.25) is 0 Å². The summed E-state index contributed by atoms with van der Waals surface area (Å²) in [5, 5.41) is 2.71. The van der Waals surface area contributed by atoms with Gasteiger partial charge in [0, 0.05) is 12.1 Å². The Morgan fingerprint density at radius 1 is 1.47 bits per heavy atom. The van der Waals surface area contributed by atoms with E-state index in [9.17, 15) is 9.59 Å². The molecule has 0 atom stereocenters. The molecule has 0 saturated carbocycles. The number of amides is 1. The summed E-state index contributed by atoms with van der Waals surface area (Å²) in [4.78, 5) is 21.6. The molecule has 0 aliphatic carbocycles. The van der Waals surface area contributed by atoms with Crippen LogP contribution in [0.1, 0.15) is 22.8 Å². The Hall–Kier alpha value is -1.90. The van der Waals surface area contributed by atoms with E-state index in [-0.39, 0.29) is 5.91 Å². The second kappa shape index (κ2) is 5.75. The number of allylic oxidation sites excluding steroid dienone is 1. The number of nitrogens with one attached hydrogen (secondary N) is 1. The third-order valence-corrected chi connectivity index (χ3v) is 1.85. The van der Waals surface area contributed by atoms with Gasteiger partial charge < -0.3 is 5.32 Å². The third kappa shape index (κ3) is 3.38. The first-order valence-corrected chi connectivity index (χ1v) is 4.78. The van der Waals surface area contributed by atoms with Gasteiger partial charge in [-0.2, -0.15) is 0 Å². The molecule has 0 spiro atoms. The van der Waals surface area contributed by atoms with Crippen molar-refractivity contribution in [2.75, 3.05) is 6.54 Å². The molecule has 0 saturated heterocycles. The van der Waals surface area contributed by atoms with Crippen molar-refractivity contribution in [2.45, 2.75) is 6.92 Å². The van der Waals surface area contributed by atoms with Gasteiger partial charge in [0.15, 0.2) is 0 Å². The van der Waals surface area contributed by atoms with Gasteiger partial charge in [0.2, 0.25) is 0 Å². The molecule has 78 valence electrons. The highest BCUT2D eigenvalue weighted by atomic mass is 16.1. The highest BCUT2D eigenvalue weighted by molar-refractivity contribution is 5.94. The molecule has 0 fully saturated rings. The predicted molar refractivity (Wildman–Crippen MR) is 59.5 cm³/mol. The van der Waals surface area contributed by atoms with Crippen LogP contribution in [0.3, 0.4) is 0 Å². The number of carbonyl (C=O) groups is 2. The Bertz CT molecular complexity index is 383. The molecule has 15 heavy (non-hydrogen) atoms. The van der Waals surface area contributed by atoms with Crippen molar-refractivity contribution in [3.05, 3.63) is 41.5 Å². The topological polar surface area (TPSA) is 46.2 Å². The van der Waals surface area contributed by atoms with E-state index in [4.69, 9.17) is 0 Å². The average molecular weight is 203 g/mol. The van der Waals surface area contributed by atoms with Crippen molar-refractivity contribution < 1.29 is 9.59 Å². The lowest BCUT2D eigenvalue weighted by Gasteiger charge is -2.02. The van der Waals surface area contributed by atoms with Gasteiger partial charge in [-0.15, -0.1) is 0 Å². The first-order valence-electron chi connectivity index (χ1n) is 4.78. The first kappa shape index (κ1) is 11.2. The van der Waals surface area contributed by atoms with Gasteiger partial charge >= 0.3 is 0 Å². The second-order valence-electron chi connectivity index (χ2n) is 2.98. The monoisotopic (exact) mass is 203 g/mol. The van der Waals surface area contributed by atoms with E-state index >= 15 is 0 Å². The van der Waals surface area contributed by atoms with Gasteiger partial charge in [-0.1, -0.05) is 18.2 Å². The number of hydrogen-bond acceptors (Lipinski definition) is 2. The van der Waals surface area contributed by atoms with Gasteiger partial charge in [0.1, 0.15) is 6.29 Å². The molecule has 1 N–H and O–H groups in total. The molecule has 3 heteroatoms. The molecule has 1 aromatic carbocycles. The number of rotatable bonds is 4. The Morgan fingerprint density at radius 3 is 2.93 bits per heavy atom. The van der Waals surface area contributed by atoms with Crippen LogP contribution in [0, 0.1) is 0 Å². The summed E-state index contributed by atoms with van der Waals surface area (Å²) >= 11 is 0. The third-order valence-electron chi connectivity index (χ3n) is 1.85. The van der Waals surface area contributed by atoms with Crippen LogP contribution in [0.25, 0.3) is 6.08 Å². The maximum Gasteiger partial charge on any atom is 0.251 e. The fourth-order valence-corrected chi connectivity index (χ4v) is 1.20. The first-order chi connectivity index (χ1) is 7.27. The van der Waals surface area contributed by atoms with E-state index in [0.717, 1.165) is 5.56 Å². The predicted octanol–water partition coefficient (Wildman–Crippen LogP) is 1.65. The standard InChI is InChI=1S/C12H13NO2/c1-2-13-12(15)11-7-3-5-10(9-11)6-4-8-14/h3-9H,2H2,1H3,(H,13,15)/b6-4+. The molecule has 1 aromatic rings. The van der Waals surface area contributed by atoms with Crippen molar-refractivity contribution in [1.29, 1.82) is 0 Å². The molecular formula is C12H13NO2. The molecule has 1 rings (SSSR count). The fraction of sp³-hybridized carbons (Fsp3) is 0.167. The minimum absolute atomic E-state index is 0.0983. The van der Waals surface area contributed by atoms with E-state index in [1.165, 1.54) is 6.08 Å². The van der Waals surface area contributed by atoms with E-state index in [1.807, 2.05) is 13.0 Å². The highest BCUT2D eigenvalue weighted by Gasteiger charge is 2.02. The molecule has 0 aromatic heterocycles. The summed E-state index contributed by atoms with van der Waals surface area (Å²) in [5.41, 5.74) is 1.44. The minimum Gasteiger partial charge on any atom is -0.352 e. The molecule has 0 unspecified atom stereocenters. The van der Waals surface area contributed by atoms with E-state index in [1.54, 1.807) is 24.3 Å². The van der Waals surface area contributed by atoms with Crippen molar-refractivity contribution in [1.82, 2.24) is 5.32 Å². The molecule has 3 nitrogen and oxygen atoms in total. The van der Waals surface area contributed by atoms with Gasteiger partial charge in [-0.05, 0) is 30.7 Å². The zero-order valence-electron chi connectivity index (χ0n) is 8.57. The van der Waals surface area contributed by atoms with Gasteiger partial charge in [-0.3, -0.25) is 9.59 Å². The highest BCUT2D eigenvalue weighted by Crippen LogP contribution is 2.06. The van der Waals surface area contributed by atoms with Crippen LogP contribution in [0.4, 0.5) is 0 Å². The summed E-state index contributed by atoms with van der Waals surface area (Å²) in [6.45, 7) is 2.47. The van der Waals surface area contributed by atoms with Crippen LogP contribution in [0.5, 0.6) is 0 Å². The molecule has 0 radical (unpaired) electrons. The fourth-order valence-electron chi connectivity index (χ4n) is 1.20. The zero-order valence-corrected chi connectivity index (χ0v) is 8.57. The average Bonchev–Trinajstić information content (AvgIpc) is 2.27. The molecular weight excluding hydrogens is 190 g/mol. The summed E-state index contributed by atoms with van der Waals surface area (Å²) in [5.74, 6) is -0.0983. The molecule has 0 aliphatic rings. The zero-order chi connectivity index (χ0) is 11.1. The van der Waals surface area contributed by atoms with Crippen LogP contribution in [-0.2, 0) is 4.79 Å². The van der Waals surface area contributed by atoms with Crippen LogP contribution >= 0.6 is 0 Å². The number of aldehydes is 1. The van der Waals surface area contributed by atoms with E-state index in [2.05, 4.69) is 5.32 Å². The number of hydrogen-bond donors (Lipinski definition) is 1. The summed E-state index contributed by atoms with van der Waals surface area (Å²) in [6, 6.07) is 7.10. The van der Waals surface area contributed by atoms with Crippen molar-refractivity contribution in [2.24, 2.45) is 0 Å². The molecule has 0 bridgehead atoms. The van der Waals surface area contributed by atoms with E-state index < -0.39 is 0 Å². The van der Waals surface area contributed by atoms with Crippen molar-refractivity contribution in [3.63, 3.8) is 0 Å². The van der Waals surface area contributed by atoms with Crippen LogP contribution < -0.4 is 5.32 Å². The Morgan fingerprint density at radius 2 is 2.27 bits per heavy atom. The number of carbonyl (C=O) groups excluding carboxylic acids is 2. The Labute approximate surface area is 88.8 Å². The van der Waals surface area contributed by atoms with Gasteiger partial charge in [0.25, 0.3) is 5.91 Å². The summed E-state index contributed by atoms with van der Waals surface area (Å²) in [7, 11) is 0. The largest absolute Gasteiger partial charge is 0.352 e. The second-order valence-corrected chi connectivity index (χ2v) is 2.98. The lowest BCUT2D eigenvalue weighted by molar-refractivity contribution is -0.104. The summed E-state index contributed by atoms with van der Waals surface area (Å²) < 4.78 is 0. The minimum atomic E-state index is -0.0983. The van der Waals surface area contributed by atoms with Crippen molar-refractivity contribution >= 4 is 18.3 Å². The SMILES string of the molecule is CCNC(=O)c1cccc(/C=C/C=O)c1. The van der Waals surface area contributed by atoms with Crippen molar-refractivity contribution in [3.8, 4) is 0 Å². The van der Waals surface area contributed by atoms with Crippen LogP contribution in [-0.4, -0.2) is 18.7 Å². The van der Waals surface area contributed by atoms with Crippen LogP contribution in [0.15, 0.2) is 30.3 Å². The van der Waals surface area contributed by atoms with E-state index in [0.29, 0.717) is 18.4 Å². The molecule has 0 aliphatic heterocycles. The van der Waals surface area contributed by atoms with Gasteiger partial charge in [0.05, 0.1) is 0 Å². The quantitative estimate of drug-likeness (QED) is 0.597. The maximum absolute atomic E-state index is 11.5. The smallest absolute Gasteiger partial charge is 0.251 e. The lowest BCUT2D eigenvalue weighted by atomic mass is 10.1. The Kier molecular flexibility index (Phi) is 4.29. The van der Waals surface area contributed by atoms with Gasteiger partial charge in [-0.25, -0.2) is 0 Å². The maximum atomic E-state index is 11.5.